The highest BCUT2D eigenvalue weighted by molar-refractivity contribution is 8.03. The van der Waals surface area contributed by atoms with Gasteiger partial charge in [-0.25, -0.2) is 0 Å². The second-order valence-corrected chi connectivity index (χ2v) is 8.76. The Morgan fingerprint density at radius 1 is 1.18 bits per heavy atom. The van der Waals surface area contributed by atoms with Gasteiger partial charge in [0.05, 0.1) is 11.0 Å². The van der Waals surface area contributed by atoms with Gasteiger partial charge in [0.1, 0.15) is 0 Å². The third-order valence-corrected chi connectivity index (χ3v) is 7.16. The van der Waals surface area contributed by atoms with Crippen molar-refractivity contribution >= 4 is 29.2 Å². The highest BCUT2D eigenvalue weighted by Gasteiger charge is 2.33. The average Bonchev–Trinajstić information content (AvgIpc) is 2.69. The van der Waals surface area contributed by atoms with Gasteiger partial charge in [0.2, 0.25) is 0 Å². The topological polar surface area (TPSA) is 78.0 Å². The summed E-state index contributed by atoms with van der Waals surface area (Å²) in [6, 6.07) is 18.4. The van der Waals surface area contributed by atoms with E-state index >= 15 is 0 Å². The Bertz CT molecular complexity index is 1070. The maximum Gasteiger partial charge on any atom is 0.273 e. The first-order valence-corrected chi connectivity index (χ1v) is 10.6. The maximum absolute atomic E-state index is 11.9. The Balaban J connectivity index is 1.74. The number of aromatic nitrogens is 2. The molecule has 2 aromatic carbocycles. The summed E-state index contributed by atoms with van der Waals surface area (Å²) < 4.78 is 2.13. The minimum atomic E-state index is -0.390. The van der Waals surface area contributed by atoms with Crippen LogP contribution in [0.2, 0.25) is 0 Å². The Morgan fingerprint density at radius 3 is 2.57 bits per heavy atom. The summed E-state index contributed by atoms with van der Waals surface area (Å²) in [6.45, 7) is 1.93. The first-order valence-electron chi connectivity index (χ1n) is 8.72. The van der Waals surface area contributed by atoms with Gasteiger partial charge < -0.3 is 4.57 Å². The zero-order valence-corrected chi connectivity index (χ0v) is 16.7. The number of thioether (sulfide) groups is 2. The van der Waals surface area contributed by atoms with E-state index in [4.69, 9.17) is 0 Å². The third-order valence-electron chi connectivity index (χ3n) is 4.61. The molecule has 28 heavy (non-hydrogen) atoms. The molecule has 6 nitrogen and oxygen atoms in total. The number of nitro benzene ring substituents is 1. The summed E-state index contributed by atoms with van der Waals surface area (Å²) in [5.41, 5.74) is 1.90. The lowest BCUT2D eigenvalue weighted by atomic mass is 10.0. The van der Waals surface area contributed by atoms with Crippen molar-refractivity contribution in [1.82, 2.24) is 9.55 Å². The smallest absolute Gasteiger partial charge is 0.273 e. The molecule has 8 heteroatoms. The molecule has 0 saturated heterocycles. The van der Waals surface area contributed by atoms with Crippen LogP contribution in [0, 0.1) is 17.0 Å². The van der Waals surface area contributed by atoms with Gasteiger partial charge in [-0.1, -0.05) is 42.1 Å². The number of non-ortho nitro benzene ring substituents is 1. The number of rotatable bonds is 4. The lowest BCUT2D eigenvalue weighted by Crippen LogP contribution is -2.33. The van der Waals surface area contributed by atoms with E-state index in [-0.39, 0.29) is 27.5 Å². The zero-order valence-electron chi connectivity index (χ0n) is 15.0. The van der Waals surface area contributed by atoms with Crippen LogP contribution >= 0.6 is 23.5 Å². The number of aryl methyl sites for hydroxylation is 1. The molecule has 0 fully saturated rings. The minimum absolute atomic E-state index is 0.0192. The van der Waals surface area contributed by atoms with Crippen molar-refractivity contribution in [3.05, 3.63) is 92.4 Å². The van der Waals surface area contributed by atoms with E-state index in [1.54, 1.807) is 41.7 Å². The van der Waals surface area contributed by atoms with Crippen LogP contribution in [0.4, 0.5) is 5.69 Å². The first kappa shape index (κ1) is 18.8. The molecule has 0 bridgehead atoms. The fourth-order valence-corrected chi connectivity index (χ4v) is 5.94. The van der Waals surface area contributed by atoms with Gasteiger partial charge in [0.15, 0.2) is 5.16 Å². The Kier molecular flexibility index (Phi) is 5.23. The molecule has 142 valence electrons. The fraction of sp³-hybridized carbons (Fsp3) is 0.200. The van der Waals surface area contributed by atoms with Gasteiger partial charge in [0, 0.05) is 39.8 Å². The van der Waals surface area contributed by atoms with E-state index < -0.39 is 0 Å². The molecule has 0 radical (unpaired) electrons. The molecule has 0 spiro atoms. The molecule has 0 saturated carbocycles. The molecular formula is C20H17N3O3S2. The summed E-state index contributed by atoms with van der Waals surface area (Å²) in [4.78, 5) is 27.6. The van der Waals surface area contributed by atoms with Crippen LogP contribution in [0.3, 0.4) is 0 Å². The number of nitrogens with zero attached hydrogens (tertiary/aromatic N) is 3. The van der Waals surface area contributed by atoms with Crippen LogP contribution < -0.4 is 5.56 Å². The van der Waals surface area contributed by atoms with Crippen LogP contribution in [0.5, 0.6) is 0 Å². The molecule has 1 aliphatic rings. The van der Waals surface area contributed by atoms with Crippen LogP contribution in [0.25, 0.3) is 0 Å². The van der Waals surface area contributed by atoms with Crippen LogP contribution in [0.15, 0.2) is 75.5 Å². The Hall–Kier alpha value is -2.58. The van der Waals surface area contributed by atoms with Crippen molar-refractivity contribution in [2.75, 3.05) is 5.75 Å². The second kappa shape index (κ2) is 7.81. The summed E-state index contributed by atoms with van der Waals surface area (Å²) in [5, 5.41) is 11.8. The standard InChI is InChI=1S/C20H17N3O3S2/c1-13-11-18(24)21-20-22(13)19(14-5-3-2-4-6-14)17(12-27-20)28-16-9-7-15(8-10-16)23(25)26/h2-11,17,19H,12H2,1H3/t17-,19+/m0/s1. The molecular weight excluding hydrogens is 394 g/mol. The molecule has 3 aromatic rings. The third kappa shape index (κ3) is 3.70. The van der Waals surface area contributed by atoms with E-state index in [1.165, 1.54) is 12.1 Å². The van der Waals surface area contributed by atoms with Crippen LogP contribution in [0.1, 0.15) is 17.3 Å². The van der Waals surface area contributed by atoms with Crippen LogP contribution in [-0.4, -0.2) is 25.5 Å². The molecule has 0 N–H and O–H groups in total. The maximum atomic E-state index is 11.9. The van der Waals surface area contributed by atoms with E-state index in [9.17, 15) is 14.9 Å². The largest absolute Gasteiger partial charge is 0.316 e. The van der Waals surface area contributed by atoms with E-state index in [1.807, 2.05) is 25.1 Å². The van der Waals surface area contributed by atoms with Crippen molar-refractivity contribution in [2.24, 2.45) is 0 Å². The van der Waals surface area contributed by atoms with Crippen molar-refractivity contribution in [3.63, 3.8) is 0 Å². The Morgan fingerprint density at radius 2 is 1.89 bits per heavy atom. The summed E-state index contributed by atoms with van der Waals surface area (Å²) in [6.07, 6.45) is 0. The summed E-state index contributed by atoms with van der Waals surface area (Å²) in [7, 11) is 0. The molecule has 0 aliphatic carbocycles. The molecule has 1 aliphatic heterocycles. The van der Waals surface area contributed by atoms with Crippen molar-refractivity contribution < 1.29 is 4.92 Å². The fourth-order valence-electron chi connectivity index (χ4n) is 3.37. The summed E-state index contributed by atoms with van der Waals surface area (Å²) in [5.74, 6) is 0.789. The quantitative estimate of drug-likeness (QED) is 0.362. The van der Waals surface area contributed by atoms with Crippen molar-refractivity contribution in [3.8, 4) is 0 Å². The van der Waals surface area contributed by atoms with Gasteiger partial charge in [-0.15, -0.1) is 11.8 Å². The zero-order chi connectivity index (χ0) is 19.7. The van der Waals surface area contributed by atoms with E-state index in [0.29, 0.717) is 0 Å². The number of benzene rings is 2. The molecule has 0 unspecified atom stereocenters. The SMILES string of the molecule is Cc1cc(=O)nc2n1[C@H](c1ccccc1)[C@@H](Sc1ccc([N+](=O)[O-])cc1)CS2. The predicted molar refractivity (Wildman–Crippen MR) is 111 cm³/mol. The number of hydrogen-bond acceptors (Lipinski definition) is 6. The van der Waals surface area contributed by atoms with Gasteiger partial charge in [-0.3, -0.25) is 14.9 Å². The highest BCUT2D eigenvalue weighted by Crippen LogP contribution is 2.43. The predicted octanol–water partition coefficient (Wildman–Crippen LogP) is 4.32. The number of hydrogen-bond donors (Lipinski definition) is 0. The first-order chi connectivity index (χ1) is 13.5. The van der Waals surface area contributed by atoms with Gasteiger partial charge in [-0.05, 0) is 24.6 Å². The average molecular weight is 412 g/mol. The lowest BCUT2D eigenvalue weighted by molar-refractivity contribution is -0.384. The lowest BCUT2D eigenvalue weighted by Gasteiger charge is -2.35. The van der Waals surface area contributed by atoms with E-state index in [0.717, 1.165) is 27.1 Å². The van der Waals surface area contributed by atoms with Gasteiger partial charge in [0.25, 0.3) is 11.2 Å². The monoisotopic (exact) mass is 411 g/mol. The normalized spacial score (nSPS) is 18.5. The second-order valence-electron chi connectivity index (χ2n) is 6.46. The molecule has 4 rings (SSSR count). The molecule has 2 heterocycles. The van der Waals surface area contributed by atoms with Crippen LogP contribution in [-0.2, 0) is 0 Å². The summed E-state index contributed by atoms with van der Waals surface area (Å²) >= 11 is 3.27. The van der Waals surface area contributed by atoms with E-state index in [2.05, 4.69) is 21.7 Å². The minimum Gasteiger partial charge on any atom is -0.316 e. The van der Waals surface area contributed by atoms with Crippen molar-refractivity contribution in [1.29, 1.82) is 0 Å². The Labute approximate surface area is 170 Å². The molecule has 2 atom stereocenters. The number of fused-ring (bicyclic) bond motifs is 1. The van der Waals surface area contributed by atoms with Gasteiger partial charge >= 0.3 is 0 Å². The van der Waals surface area contributed by atoms with Gasteiger partial charge in [-0.2, -0.15) is 4.98 Å². The highest BCUT2D eigenvalue weighted by atomic mass is 32.2. The molecule has 1 aromatic heterocycles. The van der Waals surface area contributed by atoms with Crippen molar-refractivity contribution in [2.45, 2.75) is 28.3 Å². The number of nitro groups is 1. The molecule has 0 amide bonds.